The van der Waals surface area contributed by atoms with Crippen LogP contribution in [0.25, 0.3) is 0 Å². The van der Waals surface area contributed by atoms with Crippen molar-refractivity contribution in [1.82, 2.24) is 0 Å². The fourth-order valence-electron chi connectivity index (χ4n) is 3.20. The first-order valence-electron chi connectivity index (χ1n) is 10.1. The van der Waals surface area contributed by atoms with Crippen LogP contribution in [0.5, 0.6) is 5.75 Å². The molecule has 0 fully saturated rings. The second-order valence-corrected chi connectivity index (χ2v) is 9.43. The van der Waals surface area contributed by atoms with Crippen molar-refractivity contribution in [1.29, 1.82) is 0 Å². The Hall–Kier alpha value is -2.61. The molecule has 0 saturated carbocycles. The fourth-order valence-corrected chi connectivity index (χ4v) is 4.17. The summed E-state index contributed by atoms with van der Waals surface area (Å²) >= 11 is 0. The Balaban J connectivity index is 2.39. The van der Waals surface area contributed by atoms with E-state index in [-0.39, 0.29) is 18.0 Å². The number of nitro benzene ring substituents is 1. The SMILES string of the molecule is CCCCCCN(c1ccc([N+](=O)[O-])cc1OCc1cc(C)ccc1C)S(C)(=O)=O. The molecule has 7 nitrogen and oxygen atoms in total. The predicted octanol–water partition coefficient (Wildman–Crippen LogP) is 5.14. The van der Waals surface area contributed by atoms with Gasteiger partial charge >= 0.3 is 0 Å². The Labute approximate surface area is 178 Å². The predicted molar refractivity (Wildman–Crippen MR) is 120 cm³/mol. The monoisotopic (exact) mass is 434 g/mol. The average molecular weight is 435 g/mol. The zero-order chi connectivity index (χ0) is 22.3. The fraction of sp³-hybridized carbons (Fsp3) is 0.455. The van der Waals surface area contributed by atoms with Crippen molar-refractivity contribution in [2.45, 2.75) is 53.1 Å². The first-order chi connectivity index (χ1) is 14.1. The number of non-ortho nitro benzene ring substituents is 1. The molecule has 0 atom stereocenters. The molecule has 8 heteroatoms. The maximum atomic E-state index is 12.5. The van der Waals surface area contributed by atoms with Gasteiger partial charge in [0.2, 0.25) is 10.0 Å². The minimum atomic E-state index is -3.58. The number of anilines is 1. The van der Waals surface area contributed by atoms with Crippen LogP contribution >= 0.6 is 0 Å². The van der Waals surface area contributed by atoms with Crippen molar-refractivity contribution in [2.75, 3.05) is 17.1 Å². The van der Waals surface area contributed by atoms with E-state index in [1.54, 1.807) is 0 Å². The van der Waals surface area contributed by atoms with E-state index in [1.165, 1.54) is 22.5 Å². The molecule has 0 saturated heterocycles. The summed E-state index contributed by atoms with van der Waals surface area (Å²) in [5.74, 6) is 0.186. The average Bonchev–Trinajstić information content (AvgIpc) is 2.67. The molecule has 0 aliphatic heterocycles. The van der Waals surface area contributed by atoms with E-state index in [0.29, 0.717) is 18.7 Å². The van der Waals surface area contributed by atoms with E-state index in [2.05, 4.69) is 6.92 Å². The molecular weight excluding hydrogens is 404 g/mol. The summed E-state index contributed by atoms with van der Waals surface area (Å²) in [6.07, 6.45) is 4.82. The van der Waals surface area contributed by atoms with Gasteiger partial charge in [-0.25, -0.2) is 8.42 Å². The second kappa shape index (κ2) is 10.4. The summed E-state index contributed by atoms with van der Waals surface area (Å²) in [5.41, 5.74) is 3.24. The van der Waals surface area contributed by atoms with E-state index >= 15 is 0 Å². The van der Waals surface area contributed by atoms with E-state index in [0.717, 1.165) is 42.2 Å². The summed E-state index contributed by atoms with van der Waals surface area (Å²) < 4.78 is 32.2. The largest absolute Gasteiger partial charge is 0.486 e. The normalized spacial score (nSPS) is 11.3. The van der Waals surface area contributed by atoms with Gasteiger partial charge < -0.3 is 4.74 Å². The minimum Gasteiger partial charge on any atom is -0.486 e. The van der Waals surface area contributed by atoms with E-state index < -0.39 is 14.9 Å². The number of benzene rings is 2. The highest BCUT2D eigenvalue weighted by Crippen LogP contribution is 2.35. The topological polar surface area (TPSA) is 89.8 Å². The standard InChI is InChI=1S/C22H30N2O5S/c1-5-6-7-8-13-23(30(4,27)28)21-12-11-20(24(25)26)15-22(21)29-16-19-14-17(2)9-10-18(19)3/h9-12,14-15H,5-8,13,16H2,1-4H3. The number of unbranched alkanes of at least 4 members (excludes halogenated alkanes) is 3. The molecule has 2 aromatic rings. The highest BCUT2D eigenvalue weighted by molar-refractivity contribution is 7.92. The number of aryl methyl sites for hydroxylation is 2. The van der Waals surface area contributed by atoms with Crippen LogP contribution in [0.2, 0.25) is 0 Å². The van der Waals surface area contributed by atoms with Crippen LogP contribution in [0.4, 0.5) is 11.4 Å². The number of hydrogen-bond acceptors (Lipinski definition) is 5. The maximum Gasteiger partial charge on any atom is 0.273 e. The van der Waals surface area contributed by atoms with Crippen LogP contribution in [-0.2, 0) is 16.6 Å². The summed E-state index contributed by atoms with van der Waals surface area (Å²) in [7, 11) is -3.58. The summed E-state index contributed by atoms with van der Waals surface area (Å²) in [6.45, 7) is 6.52. The summed E-state index contributed by atoms with van der Waals surface area (Å²) in [5, 5.41) is 11.3. The zero-order valence-electron chi connectivity index (χ0n) is 18.1. The Morgan fingerprint density at radius 1 is 1.07 bits per heavy atom. The minimum absolute atomic E-state index is 0.144. The van der Waals surface area contributed by atoms with Crippen LogP contribution in [0.3, 0.4) is 0 Å². The summed E-state index contributed by atoms with van der Waals surface area (Å²) in [6, 6.07) is 10.0. The molecular formula is C22H30N2O5S. The third-order valence-corrected chi connectivity index (χ3v) is 6.11. The lowest BCUT2D eigenvalue weighted by Gasteiger charge is -2.25. The van der Waals surface area contributed by atoms with Crippen molar-refractivity contribution in [3.63, 3.8) is 0 Å². The molecule has 2 aromatic carbocycles. The molecule has 0 radical (unpaired) electrons. The van der Waals surface area contributed by atoms with Gasteiger partial charge in [-0.3, -0.25) is 14.4 Å². The first kappa shape index (κ1) is 23.7. The van der Waals surface area contributed by atoms with Crippen LogP contribution in [0.15, 0.2) is 36.4 Å². The van der Waals surface area contributed by atoms with E-state index in [1.807, 2.05) is 32.0 Å². The number of hydrogen-bond donors (Lipinski definition) is 0. The van der Waals surface area contributed by atoms with Crippen LogP contribution in [0, 0.1) is 24.0 Å². The second-order valence-electron chi connectivity index (χ2n) is 7.52. The highest BCUT2D eigenvalue weighted by Gasteiger charge is 2.23. The van der Waals surface area contributed by atoms with Gasteiger partial charge in [0.15, 0.2) is 5.75 Å². The Morgan fingerprint density at radius 3 is 2.43 bits per heavy atom. The van der Waals surface area contributed by atoms with E-state index in [4.69, 9.17) is 4.74 Å². The number of sulfonamides is 1. The Bertz CT molecular complexity index is 989. The quantitative estimate of drug-likeness (QED) is 0.278. The van der Waals surface area contributed by atoms with Gasteiger partial charge in [0, 0.05) is 12.6 Å². The lowest BCUT2D eigenvalue weighted by Crippen LogP contribution is -2.31. The number of nitro groups is 1. The van der Waals surface area contributed by atoms with Gasteiger partial charge in [0.25, 0.3) is 5.69 Å². The molecule has 0 bridgehead atoms. The van der Waals surface area contributed by atoms with Crippen molar-refractivity contribution in [3.8, 4) is 5.75 Å². The lowest BCUT2D eigenvalue weighted by molar-refractivity contribution is -0.384. The molecule has 0 aromatic heterocycles. The molecule has 0 heterocycles. The van der Waals surface area contributed by atoms with Crippen molar-refractivity contribution in [3.05, 3.63) is 63.2 Å². The van der Waals surface area contributed by atoms with Crippen molar-refractivity contribution < 1.29 is 18.1 Å². The van der Waals surface area contributed by atoms with Gasteiger partial charge in [-0.1, -0.05) is 49.9 Å². The zero-order valence-corrected chi connectivity index (χ0v) is 18.9. The van der Waals surface area contributed by atoms with Crippen molar-refractivity contribution >= 4 is 21.4 Å². The molecule has 0 aliphatic rings. The number of ether oxygens (including phenoxy) is 1. The van der Waals surface area contributed by atoms with Gasteiger partial charge in [0.05, 0.1) is 22.9 Å². The molecule has 30 heavy (non-hydrogen) atoms. The van der Waals surface area contributed by atoms with Crippen LogP contribution in [0.1, 0.15) is 49.3 Å². The first-order valence-corrected chi connectivity index (χ1v) is 11.9. The van der Waals surface area contributed by atoms with Crippen LogP contribution < -0.4 is 9.04 Å². The lowest BCUT2D eigenvalue weighted by atomic mass is 10.1. The Morgan fingerprint density at radius 2 is 1.80 bits per heavy atom. The number of rotatable bonds is 11. The van der Waals surface area contributed by atoms with Gasteiger partial charge in [-0.05, 0) is 37.5 Å². The number of nitrogens with zero attached hydrogens (tertiary/aromatic N) is 2. The highest BCUT2D eigenvalue weighted by atomic mass is 32.2. The van der Waals surface area contributed by atoms with E-state index in [9.17, 15) is 18.5 Å². The van der Waals surface area contributed by atoms with Gasteiger partial charge in [-0.15, -0.1) is 0 Å². The molecule has 164 valence electrons. The molecule has 0 N–H and O–H groups in total. The smallest absolute Gasteiger partial charge is 0.273 e. The Kier molecular flexibility index (Phi) is 8.23. The third-order valence-electron chi connectivity index (χ3n) is 4.93. The van der Waals surface area contributed by atoms with Crippen LogP contribution in [-0.4, -0.2) is 26.1 Å². The third kappa shape index (κ3) is 6.45. The maximum absolute atomic E-state index is 12.5. The molecule has 0 amide bonds. The molecule has 0 aliphatic carbocycles. The molecule has 0 spiro atoms. The summed E-state index contributed by atoms with van der Waals surface area (Å²) in [4.78, 5) is 10.8. The molecule has 2 rings (SSSR count). The van der Waals surface area contributed by atoms with Gasteiger partial charge in [0.1, 0.15) is 6.61 Å². The van der Waals surface area contributed by atoms with Crippen molar-refractivity contribution in [2.24, 2.45) is 0 Å². The van der Waals surface area contributed by atoms with Gasteiger partial charge in [-0.2, -0.15) is 0 Å². The molecule has 0 unspecified atom stereocenters.